The Morgan fingerprint density at radius 1 is 1.04 bits per heavy atom. The van der Waals surface area contributed by atoms with E-state index >= 15 is 0 Å². The number of fused-ring (bicyclic) bond motifs is 1. The molecule has 11 nitrogen and oxygen atoms in total. The van der Waals surface area contributed by atoms with Crippen molar-refractivity contribution in [1.29, 1.82) is 0 Å². The van der Waals surface area contributed by atoms with Gasteiger partial charge in [-0.05, 0) is 67.1 Å². The van der Waals surface area contributed by atoms with Crippen LogP contribution in [0.3, 0.4) is 0 Å². The Morgan fingerprint density at radius 2 is 1.81 bits per heavy atom. The lowest BCUT2D eigenvalue weighted by Crippen LogP contribution is -2.53. The first-order valence-electron chi connectivity index (χ1n) is 16.3. The molecule has 248 valence electrons. The van der Waals surface area contributed by atoms with Gasteiger partial charge in [-0.3, -0.25) is 19.0 Å². The van der Waals surface area contributed by atoms with Crippen LogP contribution in [0.1, 0.15) is 46.0 Å². The summed E-state index contributed by atoms with van der Waals surface area (Å²) in [4.78, 5) is 55.0. The minimum Gasteiger partial charge on any atom is -0.388 e. The zero-order valence-corrected chi connectivity index (χ0v) is 27.9. The van der Waals surface area contributed by atoms with Crippen molar-refractivity contribution in [2.75, 3.05) is 31.9 Å². The van der Waals surface area contributed by atoms with Gasteiger partial charge >= 0.3 is 0 Å². The number of aromatic nitrogens is 4. The fourth-order valence-corrected chi connectivity index (χ4v) is 8.37. The molecule has 12 heteroatoms. The highest BCUT2D eigenvalue weighted by atomic mass is 32.1. The van der Waals surface area contributed by atoms with Gasteiger partial charge in [0.05, 0.1) is 22.4 Å². The Balaban J connectivity index is 1.05. The molecule has 2 saturated heterocycles. The molecule has 0 bridgehead atoms. The molecular formula is C36H39N7O4S. The number of carbonyl (C=O) groups is 2. The third kappa shape index (κ3) is 6.01. The van der Waals surface area contributed by atoms with E-state index in [4.69, 9.17) is 5.73 Å². The zero-order chi connectivity index (χ0) is 33.6. The molecule has 1 aromatic carbocycles. The Labute approximate surface area is 282 Å². The first-order chi connectivity index (χ1) is 23.1. The van der Waals surface area contributed by atoms with E-state index in [9.17, 15) is 19.5 Å². The maximum absolute atomic E-state index is 14.1. The van der Waals surface area contributed by atoms with Crippen LogP contribution in [0.5, 0.6) is 0 Å². The van der Waals surface area contributed by atoms with Gasteiger partial charge in [-0.1, -0.05) is 30.3 Å². The maximum Gasteiger partial charge on any atom is 0.263 e. The van der Waals surface area contributed by atoms with Gasteiger partial charge in [0.25, 0.3) is 11.5 Å². The van der Waals surface area contributed by atoms with E-state index in [1.807, 2.05) is 72.3 Å². The molecule has 0 radical (unpaired) electrons. The summed E-state index contributed by atoms with van der Waals surface area (Å²) in [7, 11) is 1.84. The first kappa shape index (κ1) is 31.8. The van der Waals surface area contributed by atoms with Crippen LogP contribution in [0.2, 0.25) is 0 Å². The summed E-state index contributed by atoms with van der Waals surface area (Å²) >= 11 is 1.45. The number of nitrogens with two attached hydrogens (primary N) is 1. The molecule has 2 amide bonds. The number of hydrogen-bond donors (Lipinski definition) is 2. The normalized spacial score (nSPS) is 19.5. The number of rotatable bonds is 6. The molecule has 2 atom stereocenters. The van der Waals surface area contributed by atoms with E-state index in [1.165, 1.54) is 22.2 Å². The van der Waals surface area contributed by atoms with Gasteiger partial charge in [0.15, 0.2) is 0 Å². The molecule has 2 fully saturated rings. The van der Waals surface area contributed by atoms with Crippen LogP contribution in [-0.2, 0) is 18.4 Å². The van der Waals surface area contributed by atoms with Gasteiger partial charge in [0.2, 0.25) is 5.91 Å². The number of hydrogen-bond acceptors (Lipinski definition) is 8. The van der Waals surface area contributed by atoms with Crippen molar-refractivity contribution in [2.24, 2.45) is 13.0 Å². The average molecular weight is 666 g/mol. The fraction of sp³-hybridized carbons (Fsp3) is 0.361. The highest BCUT2D eigenvalue weighted by Crippen LogP contribution is 2.38. The summed E-state index contributed by atoms with van der Waals surface area (Å²) in [6.07, 6.45) is 6.21. The highest BCUT2D eigenvalue weighted by Gasteiger charge is 2.42. The lowest BCUT2D eigenvalue weighted by molar-refractivity contribution is -0.142. The molecule has 0 spiro atoms. The predicted octanol–water partition coefficient (Wildman–Crippen LogP) is 4.05. The van der Waals surface area contributed by atoms with E-state index in [0.29, 0.717) is 67.2 Å². The molecular weight excluding hydrogens is 627 g/mol. The minimum absolute atomic E-state index is 0.0373. The van der Waals surface area contributed by atoms with Crippen molar-refractivity contribution in [2.45, 2.75) is 44.2 Å². The van der Waals surface area contributed by atoms with Gasteiger partial charge in [0, 0.05) is 62.3 Å². The van der Waals surface area contributed by atoms with Crippen LogP contribution >= 0.6 is 11.3 Å². The molecule has 2 aliphatic heterocycles. The van der Waals surface area contributed by atoms with E-state index in [-0.39, 0.29) is 35.8 Å². The highest BCUT2D eigenvalue weighted by molar-refractivity contribution is 7.17. The summed E-state index contributed by atoms with van der Waals surface area (Å²) in [6, 6.07) is 17.3. The summed E-state index contributed by atoms with van der Waals surface area (Å²) in [5.74, 6) is -0.0196. The molecule has 3 N–H and O–H groups in total. The number of amides is 2. The smallest absolute Gasteiger partial charge is 0.263 e. The number of pyridine rings is 1. The Hall–Kier alpha value is -4.81. The van der Waals surface area contributed by atoms with Crippen LogP contribution < -0.4 is 11.3 Å². The second-order valence-electron chi connectivity index (χ2n) is 13.1. The van der Waals surface area contributed by atoms with Crippen molar-refractivity contribution < 1.29 is 14.7 Å². The topological polar surface area (TPSA) is 140 Å². The SMILES string of the molecule is Cc1cc(C(=O)N2CC[C@@H](C(=O)N3CCC(O)(Cn4cnc5c(ccn5C)c4=O)CC3)[C@H](c3ccccc3)C2)sc1-c1ccnc(N)c1. The number of likely N-dealkylation sites (tertiary alicyclic amines) is 2. The van der Waals surface area contributed by atoms with E-state index < -0.39 is 5.60 Å². The quantitative estimate of drug-likeness (QED) is 0.279. The van der Waals surface area contributed by atoms with Crippen molar-refractivity contribution >= 4 is 40.0 Å². The predicted molar refractivity (Wildman–Crippen MR) is 186 cm³/mol. The third-order valence-electron chi connectivity index (χ3n) is 9.94. The Morgan fingerprint density at radius 3 is 2.56 bits per heavy atom. The van der Waals surface area contributed by atoms with Crippen molar-refractivity contribution in [3.63, 3.8) is 0 Å². The second-order valence-corrected chi connectivity index (χ2v) is 14.2. The number of aryl methyl sites for hydroxylation is 2. The van der Waals surface area contributed by atoms with Crippen LogP contribution in [0.4, 0.5) is 5.82 Å². The van der Waals surface area contributed by atoms with Crippen LogP contribution in [0, 0.1) is 12.8 Å². The summed E-state index contributed by atoms with van der Waals surface area (Å²) < 4.78 is 3.27. The third-order valence-corrected chi connectivity index (χ3v) is 11.2. The molecule has 0 aliphatic carbocycles. The number of piperidine rings is 2. The molecule has 0 unspecified atom stereocenters. The van der Waals surface area contributed by atoms with Crippen molar-refractivity contribution in [3.05, 3.63) is 99.7 Å². The van der Waals surface area contributed by atoms with Gasteiger partial charge in [-0.25, -0.2) is 9.97 Å². The maximum atomic E-state index is 14.1. The molecule has 6 heterocycles. The molecule has 4 aromatic heterocycles. The largest absolute Gasteiger partial charge is 0.388 e. The van der Waals surface area contributed by atoms with Crippen molar-refractivity contribution in [3.8, 4) is 10.4 Å². The van der Waals surface area contributed by atoms with Gasteiger partial charge < -0.3 is 25.2 Å². The minimum atomic E-state index is -1.13. The van der Waals surface area contributed by atoms with E-state index in [0.717, 1.165) is 21.6 Å². The standard InChI is InChI=1S/C36H39N7O4S/c1-23-18-29(48-31(23)25-8-13-38-30(37)19-25)35(46)42-15-10-26(28(20-42)24-6-4-3-5-7-24)33(44)41-16-11-36(47,12-17-41)21-43-22-39-32-27(34(43)45)9-14-40(32)2/h3-9,13-14,18-19,22,26,28,47H,10-12,15-17,20-21H2,1-2H3,(H2,37,38)/t26-,28+/m1/s1. The molecule has 5 aromatic rings. The van der Waals surface area contributed by atoms with Crippen LogP contribution in [-0.4, -0.2) is 77.6 Å². The zero-order valence-electron chi connectivity index (χ0n) is 27.1. The first-order valence-corrected chi connectivity index (χ1v) is 17.1. The number of anilines is 1. The number of nitrogens with zero attached hydrogens (tertiary/aromatic N) is 6. The summed E-state index contributed by atoms with van der Waals surface area (Å²) in [6.45, 7) is 3.81. The Bertz CT molecular complexity index is 2040. The average Bonchev–Trinajstić information content (AvgIpc) is 3.68. The number of aliphatic hydroxyl groups is 1. The fourth-order valence-electron chi connectivity index (χ4n) is 7.24. The van der Waals surface area contributed by atoms with E-state index in [1.54, 1.807) is 23.0 Å². The molecule has 48 heavy (non-hydrogen) atoms. The Kier molecular flexibility index (Phi) is 8.38. The lowest BCUT2D eigenvalue weighted by Gasteiger charge is -2.43. The summed E-state index contributed by atoms with van der Waals surface area (Å²) in [5.41, 5.74) is 8.18. The number of benzene rings is 1. The van der Waals surface area contributed by atoms with Gasteiger partial charge in [-0.2, -0.15) is 0 Å². The van der Waals surface area contributed by atoms with E-state index in [2.05, 4.69) is 9.97 Å². The number of nitrogen functional groups attached to an aromatic ring is 1. The number of thiophene rings is 1. The van der Waals surface area contributed by atoms with Gasteiger partial charge in [0.1, 0.15) is 17.8 Å². The van der Waals surface area contributed by atoms with Gasteiger partial charge in [-0.15, -0.1) is 11.3 Å². The second kappa shape index (κ2) is 12.7. The molecule has 0 saturated carbocycles. The molecule has 2 aliphatic rings. The number of carbonyl (C=O) groups excluding carboxylic acids is 2. The van der Waals surface area contributed by atoms with Crippen LogP contribution in [0.25, 0.3) is 21.5 Å². The summed E-state index contributed by atoms with van der Waals surface area (Å²) in [5, 5.41) is 12.0. The monoisotopic (exact) mass is 665 g/mol. The van der Waals surface area contributed by atoms with Crippen LogP contribution in [0.15, 0.2) is 78.1 Å². The van der Waals surface area contributed by atoms with Crippen molar-refractivity contribution in [1.82, 2.24) is 28.9 Å². The lowest BCUT2D eigenvalue weighted by atomic mass is 9.79. The molecule has 7 rings (SSSR count).